The van der Waals surface area contributed by atoms with Gasteiger partial charge < -0.3 is 14.4 Å². The number of hydrogen-bond donors (Lipinski definition) is 0. The van der Waals surface area contributed by atoms with Crippen LogP contribution >= 0.6 is 0 Å². The van der Waals surface area contributed by atoms with Crippen molar-refractivity contribution >= 4 is 0 Å². The summed E-state index contributed by atoms with van der Waals surface area (Å²) in [5, 5.41) is 0. The maximum Gasteiger partial charge on any atom is 0.231 e. The van der Waals surface area contributed by atoms with Gasteiger partial charge in [0.25, 0.3) is 0 Å². The van der Waals surface area contributed by atoms with Crippen molar-refractivity contribution in [1.82, 2.24) is 4.90 Å². The van der Waals surface area contributed by atoms with Crippen molar-refractivity contribution in [2.45, 2.75) is 18.8 Å². The minimum absolute atomic E-state index is 0.367. The van der Waals surface area contributed by atoms with E-state index in [-0.39, 0.29) is 0 Å². The van der Waals surface area contributed by atoms with Crippen LogP contribution in [0.25, 0.3) is 0 Å². The molecule has 16 heavy (non-hydrogen) atoms. The fourth-order valence-corrected chi connectivity index (χ4v) is 2.51. The van der Waals surface area contributed by atoms with Crippen LogP contribution in [0.5, 0.6) is 11.5 Å². The van der Waals surface area contributed by atoms with Gasteiger partial charge in [-0.15, -0.1) is 0 Å². The number of benzene rings is 1. The smallest absolute Gasteiger partial charge is 0.231 e. The van der Waals surface area contributed by atoms with Gasteiger partial charge in [-0.25, -0.2) is 0 Å². The highest BCUT2D eigenvalue weighted by molar-refractivity contribution is 5.45. The summed E-state index contributed by atoms with van der Waals surface area (Å²) in [7, 11) is 2.19. The monoisotopic (exact) mass is 219 g/mol. The molecular formula is C13H17NO2. The van der Waals surface area contributed by atoms with E-state index < -0.39 is 0 Å². The number of hydrogen-bond acceptors (Lipinski definition) is 3. The third-order valence-electron chi connectivity index (χ3n) is 3.59. The van der Waals surface area contributed by atoms with E-state index in [4.69, 9.17) is 9.47 Å². The lowest BCUT2D eigenvalue weighted by Gasteiger charge is -2.29. The molecule has 3 rings (SSSR count). The Morgan fingerprint density at radius 1 is 1.12 bits per heavy atom. The van der Waals surface area contributed by atoms with Crippen LogP contribution in [-0.4, -0.2) is 31.8 Å². The van der Waals surface area contributed by atoms with E-state index in [1.165, 1.54) is 31.5 Å². The van der Waals surface area contributed by atoms with Crippen LogP contribution < -0.4 is 9.47 Å². The van der Waals surface area contributed by atoms with Gasteiger partial charge in [0.15, 0.2) is 11.5 Å². The number of nitrogens with zero attached hydrogens (tertiary/aromatic N) is 1. The van der Waals surface area contributed by atoms with Gasteiger partial charge in [-0.1, -0.05) is 6.07 Å². The first-order valence-electron chi connectivity index (χ1n) is 5.91. The molecule has 0 amide bonds. The first-order chi connectivity index (χ1) is 7.83. The first kappa shape index (κ1) is 9.97. The van der Waals surface area contributed by atoms with Crippen LogP contribution in [0, 0.1) is 0 Å². The van der Waals surface area contributed by atoms with E-state index in [1.54, 1.807) is 0 Å². The Morgan fingerprint density at radius 2 is 1.88 bits per heavy atom. The van der Waals surface area contributed by atoms with Crippen molar-refractivity contribution in [2.75, 3.05) is 26.9 Å². The molecule has 0 saturated carbocycles. The van der Waals surface area contributed by atoms with Crippen LogP contribution in [-0.2, 0) is 0 Å². The summed E-state index contributed by atoms with van der Waals surface area (Å²) in [5.74, 6) is 2.49. The van der Waals surface area contributed by atoms with E-state index in [2.05, 4.69) is 24.1 Å². The molecular weight excluding hydrogens is 202 g/mol. The summed E-state index contributed by atoms with van der Waals surface area (Å²) in [6.45, 7) is 2.75. The second kappa shape index (κ2) is 3.98. The minimum Gasteiger partial charge on any atom is -0.454 e. The van der Waals surface area contributed by atoms with Crippen molar-refractivity contribution in [2.24, 2.45) is 0 Å². The van der Waals surface area contributed by atoms with E-state index in [1.807, 2.05) is 6.07 Å². The lowest BCUT2D eigenvalue weighted by Crippen LogP contribution is -2.29. The molecule has 1 aromatic carbocycles. The van der Waals surface area contributed by atoms with Crippen molar-refractivity contribution in [3.63, 3.8) is 0 Å². The fraction of sp³-hybridized carbons (Fsp3) is 0.538. The quantitative estimate of drug-likeness (QED) is 0.723. The highest BCUT2D eigenvalue weighted by Gasteiger charge is 2.21. The minimum atomic E-state index is 0.367. The van der Waals surface area contributed by atoms with Crippen LogP contribution in [0.4, 0.5) is 0 Å². The van der Waals surface area contributed by atoms with E-state index >= 15 is 0 Å². The Morgan fingerprint density at radius 3 is 2.69 bits per heavy atom. The maximum atomic E-state index is 5.42. The van der Waals surface area contributed by atoms with Gasteiger partial charge in [-0.05, 0) is 56.6 Å². The maximum absolute atomic E-state index is 5.42. The van der Waals surface area contributed by atoms with Crippen molar-refractivity contribution in [3.8, 4) is 11.5 Å². The molecule has 3 nitrogen and oxygen atoms in total. The third-order valence-corrected chi connectivity index (χ3v) is 3.59. The topological polar surface area (TPSA) is 21.7 Å². The van der Waals surface area contributed by atoms with Crippen LogP contribution in [0.3, 0.4) is 0 Å². The molecule has 0 N–H and O–H groups in total. The predicted octanol–water partition coefficient (Wildman–Crippen LogP) is 2.22. The second-order valence-corrected chi connectivity index (χ2v) is 4.69. The second-order valence-electron chi connectivity index (χ2n) is 4.69. The third kappa shape index (κ3) is 1.76. The van der Waals surface area contributed by atoms with Crippen LogP contribution in [0.2, 0.25) is 0 Å². The van der Waals surface area contributed by atoms with Crippen LogP contribution in [0.1, 0.15) is 24.3 Å². The molecule has 0 radical (unpaired) electrons. The Hall–Kier alpha value is -1.22. The normalized spacial score (nSPS) is 21.3. The van der Waals surface area contributed by atoms with E-state index in [0.717, 1.165) is 11.5 Å². The SMILES string of the molecule is CN1CCC(c2ccc3c(c2)OCO3)CC1. The van der Waals surface area contributed by atoms with Gasteiger partial charge in [0, 0.05) is 0 Å². The summed E-state index contributed by atoms with van der Waals surface area (Å²) in [6, 6.07) is 6.37. The zero-order valence-electron chi connectivity index (χ0n) is 9.61. The molecule has 0 unspecified atom stereocenters. The molecule has 0 spiro atoms. The molecule has 3 heteroatoms. The Kier molecular flexibility index (Phi) is 2.48. The molecule has 0 aliphatic carbocycles. The average Bonchev–Trinajstić information content (AvgIpc) is 2.77. The van der Waals surface area contributed by atoms with Gasteiger partial charge in [0.05, 0.1) is 0 Å². The molecule has 1 saturated heterocycles. The zero-order valence-corrected chi connectivity index (χ0v) is 9.61. The molecule has 0 bridgehead atoms. The molecule has 0 aromatic heterocycles. The summed E-state index contributed by atoms with van der Waals surface area (Å²) in [5.41, 5.74) is 1.40. The van der Waals surface area contributed by atoms with Crippen molar-refractivity contribution < 1.29 is 9.47 Å². The van der Waals surface area contributed by atoms with Gasteiger partial charge in [-0.2, -0.15) is 0 Å². The molecule has 2 aliphatic rings. The number of ether oxygens (including phenoxy) is 2. The zero-order chi connectivity index (χ0) is 11.0. The number of likely N-dealkylation sites (tertiary alicyclic amines) is 1. The summed E-state index contributed by atoms with van der Waals surface area (Å²) < 4.78 is 10.7. The largest absolute Gasteiger partial charge is 0.454 e. The van der Waals surface area contributed by atoms with Gasteiger partial charge in [-0.3, -0.25) is 0 Å². The Bertz CT molecular complexity index is 384. The molecule has 86 valence electrons. The summed E-state index contributed by atoms with van der Waals surface area (Å²) in [6.07, 6.45) is 2.49. The standard InChI is InChI=1S/C13H17NO2/c1-14-6-4-10(5-7-14)11-2-3-12-13(8-11)16-9-15-12/h2-3,8,10H,4-7,9H2,1H3. The molecule has 2 aliphatic heterocycles. The molecule has 1 fully saturated rings. The lowest BCUT2D eigenvalue weighted by molar-refractivity contribution is 0.174. The highest BCUT2D eigenvalue weighted by atomic mass is 16.7. The Labute approximate surface area is 96.0 Å². The number of fused-ring (bicyclic) bond motifs is 1. The highest BCUT2D eigenvalue weighted by Crippen LogP contribution is 2.37. The first-order valence-corrected chi connectivity index (χ1v) is 5.91. The van der Waals surface area contributed by atoms with Crippen molar-refractivity contribution in [1.29, 1.82) is 0 Å². The van der Waals surface area contributed by atoms with E-state index in [0.29, 0.717) is 12.7 Å². The Balaban J connectivity index is 1.79. The number of rotatable bonds is 1. The average molecular weight is 219 g/mol. The van der Waals surface area contributed by atoms with Gasteiger partial charge in [0.2, 0.25) is 6.79 Å². The molecule has 0 atom stereocenters. The molecule has 1 aromatic rings. The summed E-state index contributed by atoms with van der Waals surface area (Å²) >= 11 is 0. The molecule has 2 heterocycles. The van der Waals surface area contributed by atoms with Gasteiger partial charge in [0.1, 0.15) is 0 Å². The van der Waals surface area contributed by atoms with Crippen LogP contribution in [0.15, 0.2) is 18.2 Å². The van der Waals surface area contributed by atoms with E-state index in [9.17, 15) is 0 Å². The fourth-order valence-electron chi connectivity index (χ4n) is 2.51. The predicted molar refractivity (Wildman–Crippen MR) is 62.0 cm³/mol. The van der Waals surface area contributed by atoms with Crippen molar-refractivity contribution in [3.05, 3.63) is 23.8 Å². The lowest BCUT2D eigenvalue weighted by atomic mass is 9.89. The van der Waals surface area contributed by atoms with Gasteiger partial charge >= 0.3 is 0 Å². The summed E-state index contributed by atoms with van der Waals surface area (Å²) in [4.78, 5) is 2.39. The number of piperidine rings is 1.